The molecule has 1 N–H and O–H groups in total. The number of aliphatic hydroxyl groups is 1. The molecule has 0 bridgehead atoms. The molecule has 2 nitrogen and oxygen atoms in total. The van der Waals surface area contributed by atoms with Crippen molar-refractivity contribution in [2.75, 3.05) is 0 Å². The zero-order chi connectivity index (χ0) is 14.7. The third-order valence-corrected chi connectivity index (χ3v) is 4.48. The van der Waals surface area contributed by atoms with Crippen molar-refractivity contribution in [3.63, 3.8) is 0 Å². The van der Waals surface area contributed by atoms with Crippen molar-refractivity contribution >= 4 is 22.1 Å². The van der Waals surface area contributed by atoms with Gasteiger partial charge in [-0.2, -0.15) is 0 Å². The van der Waals surface area contributed by atoms with E-state index in [1.54, 1.807) is 0 Å². The fourth-order valence-corrected chi connectivity index (χ4v) is 3.14. The molecule has 0 aromatic heterocycles. The Hall–Kier alpha value is -1.93. The van der Waals surface area contributed by atoms with Gasteiger partial charge in [0.05, 0.1) is 5.41 Å². The number of rotatable bonds is 0. The van der Waals surface area contributed by atoms with Crippen LogP contribution in [0.1, 0.15) is 31.9 Å². The molecule has 1 unspecified atom stereocenters. The van der Waals surface area contributed by atoms with Crippen LogP contribution < -0.4 is 0 Å². The summed E-state index contributed by atoms with van der Waals surface area (Å²) in [6, 6.07) is 12.1. The molecule has 1 aliphatic rings. The summed E-state index contributed by atoms with van der Waals surface area (Å²) in [5.41, 5.74) is 0.0989. The van der Waals surface area contributed by atoms with Gasteiger partial charge in [0, 0.05) is 0 Å². The van der Waals surface area contributed by atoms with Crippen LogP contribution in [0.15, 0.2) is 43.0 Å². The molecule has 2 aromatic carbocycles. The van der Waals surface area contributed by atoms with E-state index < -0.39 is 11.0 Å². The Morgan fingerprint density at radius 1 is 1.05 bits per heavy atom. The molecule has 0 radical (unpaired) electrons. The van der Waals surface area contributed by atoms with Crippen LogP contribution in [-0.4, -0.2) is 16.5 Å². The number of hydrogen-bond donors (Lipinski definition) is 1. The minimum Gasteiger partial charge on any atom is -0.378 e. The van der Waals surface area contributed by atoms with E-state index in [1.807, 2.05) is 50.2 Å². The fourth-order valence-electron chi connectivity index (χ4n) is 3.14. The average molecular weight is 266 g/mol. The molecule has 0 saturated carbocycles. The van der Waals surface area contributed by atoms with Gasteiger partial charge >= 0.3 is 0 Å². The van der Waals surface area contributed by atoms with Crippen molar-refractivity contribution in [3.8, 4) is 0 Å². The first-order valence-corrected chi connectivity index (χ1v) is 6.76. The van der Waals surface area contributed by atoms with Gasteiger partial charge in [0.25, 0.3) is 0 Å². The number of carbonyl (C=O) groups excluding carboxylic acids is 1. The zero-order valence-electron chi connectivity index (χ0n) is 12.0. The van der Waals surface area contributed by atoms with E-state index >= 15 is 0 Å². The largest absolute Gasteiger partial charge is 0.378 e. The molecule has 2 aromatic rings. The first kappa shape index (κ1) is 13.1. The monoisotopic (exact) mass is 266 g/mol. The molecule has 2 heteroatoms. The topological polar surface area (TPSA) is 37.3 Å². The average Bonchev–Trinajstić information content (AvgIpc) is 2.42. The van der Waals surface area contributed by atoms with Crippen LogP contribution in [-0.2, 0) is 10.2 Å². The van der Waals surface area contributed by atoms with E-state index in [4.69, 9.17) is 0 Å². The lowest BCUT2D eigenvalue weighted by atomic mass is 9.63. The summed E-state index contributed by atoms with van der Waals surface area (Å²) < 4.78 is 0. The van der Waals surface area contributed by atoms with Gasteiger partial charge in [-0.25, -0.2) is 0 Å². The molecule has 0 saturated heterocycles. The van der Waals surface area contributed by atoms with Crippen LogP contribution in [0.25, 0.3) is 16.3 Å². The summed E-state index contributed by atoms with van der Waals surface area (Å²) in [6.45, 7) is 9.23. The van der Waals surface area contributed by atoms with Crippen molar-refractivity contribution in [2.24, 2.45) is 0 Å². The highest BCUT2D eigenvalue weighted by Crippen LogP contribution is 2.45. The molecule has 1 atom stereocenters. The molecule has 0 amide bonds. The second-order valence-electron chi connectivity index (χ2n) is 6.25. The summed E-state index contributed by atoms with van der Waals surface area (Å²) >= 11 is 0. The van der Waals surface area contributed by atoms with E-state index in [0.29, 0.717) is 5.57 Å². The Labute approximate surface area is 118 Å². The molecule has 0 heterocycles. The maximum absolute atomic E-state index is 12.6. The standard InChI is InChI=1S/C18H18O2/c1-11-14-9-12-7-5-6-8-13(12)10-15(14)17(2,3)16(19)18(11,4)20/h5-10,20H,1H2,2-4H3. The molecule has 0 fully saturated rings. The molecule has 102 valence electrons. The van der Waals surface area contributed by atoms with Gasteiger partial charge in [-0.3, -0.25) is 4.79 Å². The van der Waals surface area contributed by atoms with Gasteiger partial charge < -0.3 is 5.11 Å². The van der Waals surface area contributed by atoms with Crippen molar-refractivity contribution in [3.05, 3.63) is 54.1 Å². The van der Waals surface area contributed by atoms with Crippen molar-refractivity contribution in [1.82, 2.24) is 0 Å². The van der Waals surface area contributed by atoms with Gasteiger partial charge in [0.1, 0.15) is 5.60 Å². The van der Waals surface area contributed by atoms with Crippen LogP contribution in [0.2, 0.25) is 0 Å². The smallest absolute Gasteiger partial charge is 0.178 e. The van der Waals surface area contributed by atoms with Crippen LogP contribution >= 0.6 is 0 Å². The predicted molar refractivity (Wildman–Crippen MR) is 81.6 cm³/mol. The van der Waals surface area contributed by atoms with E-state index in [9.17, 15) is 9.90 Å². The normalized spacial score (nSPS) is 24.8. The van der Waals surface area contributed by atoms with Crippen LogP contribution in [0, 0.1) is 0 Å². The second kappa shape index (κ2) is 3.80. The third kappa shape index (κ3) is 1.52. The van der Waals surface area contributed by atoms with Crippen LogP contribution in [0.4, 0.5) is 0 Å². The summed E-state index contributed by atoms with van der Waals surface area (Å²) in [5, 5.41) is 12.7. The number of benzene rings is 2. The van der Waals surface area contributed by atoms with Gasteiger partial charge in [-0.1, -0.05) is 30.8 Å². The van der Waals surface area contributed by atoms with E-state index in [0.717, 1.165) is 21.9 Å². The Kier molecular flexibility index (Phi) is 2.48. The van der Waals surface area contributed by atoms with Crippen LogP contribution in [0.3, 0.4) is 0 Å². The molecular weight excluding hydrogens is 248 g/mol. The summed E-state index contributed by atoms with van der Waals surface area (Å²) in [5.74, 6) is -0.196. The minimum atomic E-state index is -1.50. The Morgan fingerprint density at radius 2 is 1.60 bits per heavy atom. The number of hydrogen-bond acceptors (Lipinski definition) is 2. The lowest BCUT2D eigenvalue weighted by molar-refractivity contribution is -0.136. The first-order valence-electron chi connectivity index (χ1n) is 6.76. The van der Waals surface area contributed by atoms with Gasteiger partial charge in [0.15, 0.2) is 5.78 Å². The number of carbonyl (C=O) groups is 1. The predicted octanol–water partition coefficient (Wildman–Crippen LogP) is 3.46. The molecule has 3 rings (SSSR count). The second-order valence-corrected chi connectivity index (χ2v) is 6.25. The molecule has 1 aliphatic carbocycles. The summed E-state index contributed by atoms with van der Waals surface area (Å²) in [6.07, 6.45) is 0. The minimum absolute atomic E-state index is 0.196. The highest BCUT2D eigenvalue weighted by atomic mass is 16.3. The summed E-state index contributed by atoms with van der Waals surface area (Å²) in [7, 11) is 0. The van der Waals surface area contributed by atoms with Crippen molar-refractivity contribution < 1.29 is 9.90 Å². The molecule has 0 aliphatic heterocycles. The Balaban J connectivity index is 2.41. The Bertz CT molecular complexity index is 751. The lowest BCUT2D eigenvalue weighted by Gasteiger charge is -2.41. The highest BCUT2D eigenvalue weighted by Gasteiger charge is 2.49. The quantitative estimate of drug-likeness (QED) is 0.793. The summed E-state index contributed by atoms with van der Waals surface area (Å²) in [4.78, 5) is 12.6. The molecular formula is C18H18O2. The lowest BCUT2D eigenvalue weighted by Crippen LogP contribution is -2.51. The Morgan fingerprint density at radius 3 is 2.20 bits per heavy atom. The number of fused-ring (bicyclic) bond motifs is 2. The maximum atomic E-state index is 12.6. The van der Waals surface area contributed by atoms with E-state index in [2.05, 4.69) is 6.58 Å². The van der Waals surface area contributed by atoms with E-state index in [1.165, 1.54) is 6.92 Å². The van der Waals surface area contributed by atoms with Crippen molar-refractivity contribution in [1.29, 1.82) is 0 Å². The van der Waals surface area contributed by atoms with Gasteiger partial charge in [-0.15, -0.1) is 0 Å². The van der Waals surface area contributed by atoms with Gasteiger partial charge in [0.2, 0.25) is 0 Å². The van der Waals surface area contributed by atoms with Crippen molar-refractivity contribution in [2.45, 2.75) is 31.8 Å². The SMILES string of the molecule is C=C1c2cc3ccccc3cc2C(C)(C)C(=O)C1(C)O. The highest BCUT2D eigenvalue weighted by molar-refractivity contribution is 6.11. The fraction of sp³-hybridized carbons (Fsp3) is 0.278. The number of ketones is 1. The molecule has 0 spiro atoms. The third-order valence-electron chi connectivity index (χ3n) is 4.48. The zero-order valence-corrected chi connectivity index (χ0v) is 12.0. The van der Waals surface area contributed by atoms with E-state index in [-0.39, 0.29) is 5.78 Å². The van der Waals surface area contributed by atoms with Crippen LogP contribution in [0.5, 0.6) is 0 Å². The number of Topliss-reactive ketones (excluding diaryl/α,β-unsaturated/α-hetero) is 1. The van der Waals surface area contributed by atoms with Gasteiger partial charge in [-0.05, 0) is 60.4 Å². The molecule has 20 heavy (non-hydrogen) atoms. The maximum Gasteiger partial charge on any atom is 0.178 e. The first-order chi connectivity index (χ1) is 9.26.